The Bertz CT molecular complexity index is 2100. The van der Waals surface area contributed by atoms with Crippen LogP contribution >= 0.6 is 0 Å². The molecule has 0 spiro atoms. The molecule has 3 aliphatic heterocycles. The molecule has 17 heteroatoms. The summed E-state index contributed by atoms with van der Waals surface area (Å²) in [7, 11) is -4.15. The van der Waals surface area contributed by atoms with E-state index < -0.39 is 19.9 Å². The first-order valence-electron chi connectivity index (χ1n) is 16.7. The minimum absolute atomic E-state index is 0.0390. The van der Waals surface area contributed by atoms with Crippen LogP contribution in [0.2, 0.25) is 0 Å². The minimum atomic E-state index is -4.15. The van der Waals surface area contributed by atoms with Crippen LogP contribution in [0.5, 0.6) is 11.5 Å². The minimum Gasteiger partial charge on any atom is -0.454 e. The van der Waals surface area contributed by atoms with Crippen LogP contribution in [-0.2, 0) is 16.6 Å². The summed E-state index contributed by atoms with van der Waals surface area (Å²) in [4.78, 5) is 28.7. The highest BCUT2D eigenvalue weighted by Gasteiger charge is 2.32. The first kappa shape index (κ1) is 34.7. The standard InChI is InChI=1S/C35H36N8O8S/c44-42(45)29-8-9-30(35(22-29)52(48,49)41-18-16-39(17-19-41)28-4-2-1-3-5-28)37-36-23-26-6-10-31(32(20-26)43(46)47)40-14-12-38(13-15-40)24-27-7-11-33-34(21-27)51-25-50-33/h1-11,20-23,37H,12-19,24-25H2/b36-23-. The van der Waals surface area contributed by atoms with Crippen LogP contribution in [0, 0.1) is 20.2 Å². The second-order valence-electron chi connectivity index (χ2n) is 12.5. The number of nitro benzene ring substituents is 2. The van der Waals surface area contributed by atoms with E-state index in [0.29, 0.717) is 50.5 Å². The molecule has 2 fully saturated rings. The fourth-order valence-corrected chi connectivity index (χ4v) is 8.13. The van der Waals surface area contributed by atoms with Crippen molar-refractivity contribution in [2.45, 2.75) is 11.4 Å². The lowest BCUT2D eigenvalue weighted by molar-refractivity contribution is -0.385. The van der Waals surface area contributed by atoms with Crippen LogP contribution in [-0.4, -0.2) is 92.8 Å². The highest BCUT2D eigenvalue weighted by atomic mass is 32.2. The van der Waals surface area contributed by atoms with Gasteiger partial charge in [0.1, 0.15) is 10.6 Å². The molecule has 0 radical (unpaired) electrons. The van der Waals surface area contributed by atoms with E-state index in [1.54, 1.807) is 12.1 Å². The lowest BCUT2D eigenvalue weighted by Gasteiger charge is -2.35. The Morgan fingerprint density at radius 2 is 1.50 bits per heavy atom. The number of nitro groups is 2. The monoisotopic (exact) mass is 728 g/mol. The molecule has 0 amide bonds. The maximum Gasteiger partial charge on any atom is 0.293 e. The number of hydrogen-bond acceptors (Lipinski definition) is 13. The third-order valence-corrected chi connectivity index (χ3v) is 11.2. The third-order valence-electron chi connectivity index (χ3n) is 9.30. The Labute approximate surface area is 299 Å². The molecule has 52 heavy (non-hydrogen) atoms. The second kappa shape index (κ2) is 14.8. The maximum absolute atomic E-state index is 13.8. The summed E-state index contributed by atoms with van der Waals surface area (Å²) in [6, 6.07) is 23.8. The van der Waals surface area contributed by atoms with Gasteiger partial charge in [0.15, 0.2) is 11.5 Å². The normalized spacial score (nSPS) is 16.7. The Morgan fingerprint density at radius 1 is 0.769 bits per heavy atom. The average molecular weight is 729 g/mol. The number of anilines is 3. The summed E-state index contributed by atoms with van der Waals surface area (Å²) in [6.07, 6.45) is 1.34. The summed E-state index contributed by atoms with van der Waals surface area (Å²) >= 11 is 0. The Balaban J connectivity index is 1.02. The summed E-state index contributed by atoms with van der Waals surface area (Å²) in [5.41, 5.74) is 5.27. The number of ether oxygens (including phenoxy) is 2. The van der Waals surface area contributed by atoms with Crippen molar-refractivity contribution in [1.29, 1.82) is 0 Å². The summed E-state index contributed by atoms with van der Waals surface area (Å²) in [5, 5.41) is 27.9. The van der Waals surface area contributed by atoms with Gasteiger partial charge < -0.3 is 19.3 Å². The third kappa shape index (κ3) is 7.46. The summed E-state index contributed by atoms with van der Waals surface area (Å²) in [6.45, 7) is 4.83. The van der Waals surface area contributed by atoms with Crippen LogP contribution in [0.25, 0.3) is 0 Å². The molecule has 0 unspecified atom stereocenters. The number of non-ortho nitro benzene ring substituents is 1. The number of rotatable bonds is 11. The van der Waals surface area contributed by atoms with Gasteiger partial charge in [0.25, 0.3) is 11.4 Å². The number of nitrogens with one attached hydrogen (secondary N) is 1. The molecule has 0 saturated carbocycles. The van der Waals surface area contributed by atoms with Crippen LogP contribution < -0.4 is 24.7 Å². The van der Waals surface area contributed by atoms with Gasteiger partial charge in [0, 0.05) is 88.4 Å². The van der Waals surface area contributed by atoms with Crippen LogP contribution in [0.3, 0.4) is 0 Å². The highest BCUT2D eigenvalue weighted by molar-refractivity contribution is 7.89. The van der Waals surface area contributed by atoms with E-state index in [1.165, 1.54) is 28.7 Å². The predicted octanol–water partition coefficient (Wildman–Crippen LogP) is 4.51. The molecule has 0 aromatic heterocycles. The van der Waals surface area contributed by atoms with Gasteiger partial charge in [-0.1, -0.05) is 30.3 Å². The van der Waals surface area contributed by atoms with Gasteiger partial charge in [-0.2, -0.15) is 9.41 Å². The molecule has 1 N–H and O–H groups in total. The quantitative estimate of drug-likeness (QED) is 0.130. The maximum atomic E-state index is 13.8. The van der Waals surface area contributed by atoms with Gasteiger partial charge in [-0.3, -0.25) is 30.6 Å². The van der Waals surface area contributed by atoms with Crippen molar-refractivity contribution in [1.82, 2.24) is 9.21 Å². The zero-order chi connectivity index (χ0) is 36.2. The Morgan fingerprint density at radius 3 is 2.23 bits per heavy atom. The van der Waals surface area contributed by atoms with E-state index in [2.05, 4.69) is 20.3 Å². The zero-order valence-corrected chi connectivity index (χ0v) is 28.9. The molecule has 3 aliphatic rings. The topological polar surface area (TPSA) is 176 Å². The summed E-state index contributed by atoms with van der Waals surface area (Å²) in [5.74, 6) is 1.47. The number of benzene rings is 4. The zero-order valence-electron chi connectivity index (χ0n) is 28.0. The van der Waals surface area contributed by atoms with Crippen molar-refractivity contribution in [3.63, 3.8) is 0 Å². The van der Waals surface area contributed by atoms with Gasteiger partial charge in [-0.05, 0) is 42.0 Å². The number of piperazine rings is 2. The molecule has 0 atom stereocenters. The molecule has 3 heterocycles. The highest BCUT2D eigenvalue weighted by Crippen LogP contribution is 2.34. The van der Waals surface area contributed by atoms with Crippen molar-refractivity contribution in [3.05, 3.63) is 116 Å². The van der Waals surface area contributed by atoms with E-state index >= 15 is 0 Å². The van der Waals surface area contributed by atoms with Crippen molar-refractivity contribution in [2.75, 3.05) is 74.4 Å². The van der Waals surface area contributed by atoms with Gasteiger partial charge in [0.05, 0.1) is 21.7 Å². The van der Waals surface area contributed by atoms with Crippen molar-refractivity contribution in [3.8, 4) is 11.5 Å². The smallest absolute Gasteiger partial charge is 0.293 e. The summed E-state index contributed by atoms with van der Waals surface area (Å²) < 4.78 is 39.8. The van der Waals surface area contributed by atoms with Gasteiger partial charge in [-0.25, -0.2) is 8.42 Å². The van der Waals surface area contributed by atoms with Gasteiger partial charge >= 0.3 is 0 Å². The molecular weight excluding hydrogens is 692 g/mol. The van der Waals surface area contributed by atoms with Gasteiger partial charge in [0.2, 0.25) is 16.8 Å². The van der Waals surface area contributed by atoms with E-state index in [4.69, 9.17) is 9.47 Å². The number of para-hydroxylation sites is 1. The number of hydrazone groups is 1. The fourth-order valence-electron chi connectivity index (χ4n) is 6.55. The van der Waals surface area contributed by atoms with E-state index in [9.17, 15) is 28.6 Å². The number of sulfonamides is 1. The Hall–Kier alpha value is -5.78. The second-order valence-corrected chi connectivity index (χ2v) is 14.4. The molecule has 4 aromatic rings. The van der Waals surface area contributed by atoms with E-state index in [-0.39, 0.29) is 41.8 Å². The molecule has 16 nitrogen and oxygen atoms in total. The lowest BCUT2D eigenvalue weighted by atomic mass is 10.1. The number of hydrogen-bond donors (Lipinski definition) is 1. The molecule has 7 rings (SSSR count). The van der Waals surface area contributed by atoms with E-state index in [0.717, 1.165) is 35.4 Å². The molecule has 0 aliphatic carbocycles. The van der Waals surface area contributed by atoms with Crippen molar-refractivity contribution in [2.24, 2.45) is 5.10 Å². The molecule has 2 saturated heterocycles. The lowest BCUT2D eigenvalue weighted by Crippen LogP contribution is -2.48. The average Bonchev–Trinajstić information content (AvgIpc) is 3.64. The fraction of sp³-hybridized carbons (Fsp3) is 0.286. The first-order chi connectivity index (χ1) is 25.2. The van der Waals surface area contributed by atoms with Crippen molar-refractivity contribution >= 4 is 44.7 Å². The SMILES string of the molecule is O=[N+]([O-])c1ccc(N/N=C\c2ccc(N3CCN(Cc4ccc5c(c4)OCO5)CC3)c([N+](=O)[O-])c2)c(S(=O)(=O)N2CCN(c3ccccc3)CC2)c1. The van der Waals surface area contributed by atoms with Crippen LogP contribution in [0.1, 0.15) is 11.1 Å². The number of nitrogens with zero attached hydrogens (tertiary/aromatic N) is 7. The molecule has 0 bridgehead atoms. The van der Waals surface area contributed by atoms with Crippen molar-refractivity contribution < 1.29 is 27.7 Å². The first-order valence-corrected chi connectivity index (χ1v) is 18.1. The van der Waals surface area contributed by atoms with Crippen LogP contribution in [0.15, 0.2) is 94.9 Å². The van der Waals surface area contributed by atoms with Gasteiger partial charge in [-0.15, -0.1) is 0 Å². The number of fused-ring (bicyclic) bond motifs is 1. The predicted molar refractivity (Wildman–Crippen MR) is 195 cm³/mol. The molecule has 270 valence electrons. The molecule has 4 aromatic carbocycles. The van der Waals surface area contributed by atoms with E-state index in [1.807, 2.05) is 53.4 Å². The largest absolute Gasteiger partial charge is 0.454 e. The Kier molecular flexibility index (Phi) is 9.88. The van der Waals surface area contributed by atoms with Crippen LogP contribution in [0.4, 0.5) is 28.4 Å². The molecular formula is C35H36N8O8S.